The molecule has 0 aromatic heterocycles. The molecule has 2 unspecified atom stereocenters. The lowest BCUT2D eigenvalue weighted by Crippen LogP contribution is -2.24. The fourth-order valence-electron chi connectivity index (χ4n) is 1.06. The van der Waals surface area contributed by atoms with Gasteiger partial charge in [-0.05, 0) is 24.8 Å². The van der Waals surface area contributed by atoms with E-state index in [1.54, 1.807) is 6.08 Å². The van der Waals surface area contributed by atoms with Gasteiger partial charge in [-0.15, -0.1) is 0 Å². The highest BCUT2D eigenvalue weighted by atomic mass is 19.1. The van der Waals surface area contributed by atoms with Gasteiger partial charge in [0, 0.05) is 0 Å². The summed E-state index contributed by atoms with van der Waals surface area (Å²) in [5, 5.41) is 0. The molecule has 0 spiro atoms. The molecule has 1 nitrogen and oxygen atoms in total. The second-order valence-electron chi connectivity index (χ2n) is 2.71. The third kappa shape index (κ3) is 1.52. The van der Waals surface area contributed by atoms with Crippen LogP contribution in [0.1, 0.15) is 19.8 Å². The molecule has 0 bridgehead atoms. The Morgan fingerprint density at radius 3 is 2.78 bits per heavy atom. The van der Waals surface area contributed by atoms with Gasteiger partial charge in [-0.3, -0.25) is 0 Å². The predicted octanol–water partition coefficient (Wildman–Crippen LogP) is 1.60. The highest BCUT2D eigenvalue weighted by molar-refractivity contribution is 5.06. The molecular weight excluding hydrogens is 117 g/mol. The largest absolute Gasteiger partial charge is 0.322 e. The molecule has 0 aromatic carbocycles. The van der Waals surface area contributed by atoms with Gasteiger partial charge in [0.05, 0.1) is 6.04 Å². The molecule has 1 rings (SSSR count). The van der Waals surface area contributed by atoms with Gasteiger partial charge in [-0.1, -0.05) is 6.92 Å². The van der Waals surface area contributed by atoms with Crippen LogP contribution in [0.4, 0.5) is 4.39 Å². The van der Waals surface area contributed by atoms with E-state index >= 15 is 0 Å². The zero-order valence-corrected chi connectivity index (χ0v) is 5.60. The van der Waals surface area contributed by atoms with Gasteiger partial charge in [0.1, 0.15) is 5.83 Å². The molecule has 0 aromatic rings. The molecule has 1 aliphatic carbocycles. The van der Waals surface area contributed by atoms with Crippen molar-refractivity contribution in [1.82, 2.24) is 0 Å². The second kappa shape index (κ2) is 2.48. The molecule has 2 N–H and O–H groups in total. The Labute approximate surface area is 54.7 Å². The number of hydrogen-bond donors (Lipinski definition) is 1. The fraction of sp³-hybridized carbons (Fsp3) is 0.714. The second-order valence-corrected chi connectivity index (χ2v) is 2.71. The summed E-state index contributed by atoms with van der Waals surface area (Å²) in [6, 6.07) is -0.318. The van der Waals surface area contributed by atoms with E-state index in [0.29, 0.717) is 5.92 Å². The van der Waals surface area contributed by atoms with Crippen molar-refractivity contribution in [3.05, 3.63) is 11.9 Å². The van der Waals surface area contributed by atoms with Crippen molar-refractivity contribution in [2.75, 3.05) is 0 Å². The standard InChI is InChI=1S/C7H12FN/c1-5-2-3-7(9)6(8)4-5/h4-5,7H,2-3,9H2,1H3. The Hall–Kier alpha value is -0.370. The van der Waals surface area contributed by atoms with Crippen molar-refractivity contribution in [3.63, 3.8) is 0 Å². The first kappa shape index (κ1) is 6.75. The van der Waals surface area contributed by atoms with Crippen molar-refractivity contribution >= 4 is 0 Å². The van der Waals surface area contributed by atoms with Crippen LogP contribution in [-0.2, 0) is 0 Å². The SMILES string of the molecule is CC1C=C(F)C(N)CC1. The van der Waals surface area contributed by atoms with E-state index in [0.717, 1.165) is 12.8 Å². The van der Waals surface area contributed by atoms with Crippen molar-refractivity contribution in [1.29, 1.82) is 0 Å². The summed E-state index contributed by atoms with van der Waals surface area (Å²) in [6.07, 6.45) is 3.44. The lowest BCUT2D eigenvalue weighted by molar-refractivity contribution is 0.436. The lowest BCUT2D eigenvalue weighted by atomic mass is 9.94. The summed E-state index contributed by atoms with van der Waals surface area (Å²) < 4.78 is 12.6. The maximum absolute atomic E-state index is 12.6. The molecular formula is C7H12FN. The third-order valence-corrected chi connectivity index (χ3v) is 1.73. The number of allylic oxidation sites excluding steroid dienone is 1. The van der Waals surface area contributed by atoms with E-state index in [9.17, 15) is 4.39 Å². The van der Waals surface area contributed by atoms with Crippen LogP contribution in [0.2, 0.25) is 0 Å². The Kier molecular flexibility index (Phi) is 1.86. The Bertz CT molecular complexity index is 131. The van der Waals surface area contributed by atoms with E-state index in [4.69, 9.17) is 5.73 Å². The van der Waals surface area contributed by atoms with E-state index in [2.05, 4.69) is 0 Å². The van der Waals surface area contributed by atoms with Crippen LogP contribution in [0.25, 0.3) is 0 Å². The Morgan fingerprint density at radius 1 is 1.67 bits per heavy atom. The minimum absolute atomic E-state index is 0.131. The van der Waals surface area contributed by atoms with Crippen LogP contribution in [0, 0.1) is 5.92 Å². The lowest BCUT2D eigenvalue weighted by Gasteiger charge is -2.18. The molecule has 9 heavy (non-hydrogen) atoms. The number of rotatable bonds is 0. The summed E-state index contributed by atoms with van der Waals surface area (Å²) >= 11 is 0. The first-order chi connectivity index (χ1) is 4.20. The van der Waals surface area contributed by atoms with Gasteiger partial charge in [0.2, 0.25) is 0 Å². The smallest absolute Gasteiger partial charge is 0.113 e. The Morgan fingerprint density at radius 2 is 2.33 bits per heavy atom. The predicted molar refractivity (Wildman–Crippen MR) is 35.6 cm³/mol. The molecule has 0 saturated heterocycles. The van der Waals surface area contributed by atoms with Crippen LogP contribution in [0.3, 0.4) is 0 Å². The van der Waals surface area contributed by atoms with Gasteiger partial charge >= 0.3 is 0 Å². The van der Waals surface area contributed by atoms with Gasteiger partial charge < -0.3 is 5.73 Å². The third-order valence-electron chi connectivity index (χ3n) is 1.73. The van der Waals surface area contributed by atoms with Crippen LogP contribution in [0.5, 0.6) is 0 Å². The van der Waals surface area contributed by atoms with Crippen molar-refractivity contribution < 1.29 is 4.39 Å². The summed E-state index contributed by atoms with van der Waals surface area (Å²) in [4.78, 5) is 0. The first-order valence-electron chi connectivity index (χ1n) is 3.33. The van der Waals surface area contributed by atoms with Crippen LogP contribution < -0.4 is 5.73 Å². The quantitative estimate of drug-likeness (QED) is 0.528. The molecule has 1 aliphatic rings. The van der Waals surface area contributed by atoms with E-state index < -0.39 is 0 Å². The minimum atomic E-state index is -0.318. The molecule has 0 heterocycles. The number of nitrogens with two attached hydrogens (primary N) is 1. The molecule has 0 aliphatic heterocycles. The highest BCUT2D eigenvalue weighted by Crippen LogP contribution is 2.21. The summed E-state index contributed by atoms with van der Waals surface area (Å²) in [6.45, 7) is 2.01. The van der Waals surface area contributed by atoms with E-state index in [1.165, 1.54) is 0 Å². The molecule has 0 radical (unpaired) electrons. The molecule has 2 heteroatoms. The average molecular weight is 129 g/mol. The summed E-state index contributed by atoms with van der Waals surface area (Å²) in [7, 11) is 0. The Balaban J connectivity index is 2.61. The van der Waals surface area contributed by atoms with Crippen LogP contribution >= 0.6 is 0 Å². The molecule has 0 saturated carbocycles. The maximum atomic E-state index is 12.6. The van der Waals surface area contributed by atoms with Crippen molar-refractivity contribution in [2.45, 2.75) is 25.8 Å². The monoisotopic (exact) mass is 129 g/mol. The highest BCUT2D eigenvalue weighted by Gasteiger charge is 2.16. The summed E-state index contributed by atoms with van der Waals surface area (Å²) in [5.41, 5.74) is 5.40. The maximum Gasteiger partial charge on any atom is 0.113 e. The van der Waals surface area contributed by atoms with Gasteiger partial charge in [-0.25, -0.2) is 4.39 Å². The van der Waals surface area contributed by atoms with E-state index in [1.807, 2.05) is 6.92 Å². The number of hydrogen-bond acceptors (Lipinski definition) is 1. The minimum Gasteiger partial charge on any atom is -0.322 e. The van der Waals surface area contributed by atoms with E-state index in [-0.39, 0.29) is 11.9 Å². The zero-order chi connectivity index (χ0) is 6.85. The van der Waals surface area contributed by atoms with Crippen LogP contribution in [0.15, 0.2) is 11.9 Å². The molecule has 0 amide bonds. The first-order valence-corrected chi connectivity index (χ1v) is 3.33. The van der Waals surface area contributed by atoms with Crippen molar-refractivity contribution in [2.24, 2.45) is 11.7 Å². The topological polar surface area (TPSA) is 26.0 Å². The molecule has 2 atom stereocenters. The molecule has 0 fully saturated rings. The molecule has 52 valence electrons. The zero-order valence-electron chi connectivity index (χ0n) is 5.60. The normalized spacial score (nSPS) is 36.1. The van der Waals surface area contributed by atoms with Gasteiger partial charge in [-0.2, -0.15) is 0 Å². The summed E-state index contributed by atoms with van der Waals surface area (Å²) in [5.74, 6) is 0.249. The van der Waals surface area contributed by atoms with Gasteiger partial charge in [0.25, 0.3) is 0 Å². The van der Waals surface area contributed by atoms with Crippen molar-refractivity contribution in [3.8, 4) is 0 Å². The van der Waals surface area contributed by atoms with Crippen LogP contribution in [-0.4, -0.2) is 6.04 Å². The van der Waals surface area contributed by atoms with Gasteiger partial charge in [0.15, 0.2) is 0 Å². The average Bonchev–Trinajstić information content (AvgIpc) is 1.80. The number of halogens is 1. The fourth-order valence-corrected chi connectivity index (χ4v) is 1.06.